The zero-order valence-corrected chi connectivity index (χ0v) is 15.0. The molecule has 134 valence electrons. The van der Waals surface area contributed by atoms with Crippen LogP contribution in [0.1, 0.15) is 30.6 Å². The molecule has 0 unspecified atom stereocenters. The van der Waals surface area contributed by atoms with Crippen molar-refractivity contribution in [2.75, 3.05) is 13.7 Å². The van der Waals surface area contributed by atoms with Gasteiger partial charge in [0.25, 0.3) is 0 Å². The largest absolute Gasteiger partial charge is 0.515 e. The van der Waals surface area contributed by atoms with Crippen LogP contribution >= 0.6 is 0 Å². The molecule has 0 fully saturated rings. The van der Waals surface area contributed by atoms with Crippen molar-refractivity contribution in [1.82, 2.24) is 4.98 Å². The van der Waals surface area contributed by atoms with Crippen molar-refractivity contribution in [1.29, 1.82) is 0 Å². The Hall–Kier alpha value is -2.82. The molecule has 0 saturated carbocycles. The second kappa shape index (κ2) is 6.48. The number of hydrogen-bond donors (Lipinski definition) is 2. The molecule has 0 bridgehead atoms. The number of fused-ring (bicyclic) bond motifs is 5. The molecule has 5 heteroatoms. The molecule has 3 heterocycles. The van der Waals surface area contributed by atoms with Crippen molar-refractivity contribution >= 4 is 23.1 Å². The summed E-state index contributed by atoms with van der Waals surface area (Å²) in [6, 6.07) is 8.53. The molecule has 2 atom stereocenters. The molecule has 0 radical (unpaired) electrons. The number of nitrogens with one attached hydrogen (secondary N) is 1. The van der Waals surface area contributed by atoms with Gasteiger partial charge in [-0.05, 0) is 18.6 Å². The Morgan fingerprint density at radius 3 is 2.92 bits per heavy atom. The van der Waals surface area contributed by atoms with Crippen LogP contribution in [0.25, 0.3) is 10.9 Å². The SMILES string of the molecule is C/C=C1\C=[N+]2CCc3c([nH]c4ccccc34)[C@@H]2C[C@@H]1C(=CO)C(=O)OC. The molecule has 5 nitrogen and oxygen atoms in total. The fraction of sp³-hybridized carbons (Fsp3) is 0.333. The molecule has 4 rings (SSSR count). The van der Waals surface area contributed by atoms with E-state index in [0.717, 1.165) is 36.7 Å². The van der Waals surface area contributed by atoms with Gasteiger partial charge < -0.3 is 14.8 Å². The fourth-order valence-electron chi connectivity index (χ4n) is 4.37. The lowest BCUT2D eigenvalue weighted by Gasteiger charge is -2.30. The van der Waals surface area contributed by atoms with Crippen LogP contribution in [0.4, 0.5) is 0 Å². The minimum absolute atomic E-state index is 0.152. The Balaban J connectivity index is 1.81. The molecular formula is C21H23N2O3+. The lowest BCUT2D eigenvalue weighted by atomic mass is 9.80. The highest BCUT2D eigenvalue weighted by molar-refractivity contribution is 5.92. The molecule has 0 spiro atoms. The van der Waals surface area contributed by atoms with E-state index in [0.29, 0.717) is 5.57 Å². The number of aromatic nitrogens is 1. The van der Waals surface area contributed by atoms with Gasteiger partial charge in [0.2, 0.25) is 0 Å². The van der Waals surface area contributed by atoms with Crippen LogP contribution in [-0.4, -0.2) is 40.5 Å². The lowest BCUT2D eigenvalue weighted by Crippen LogP contribution is -2.36. The van der Waals surface area contributed by atoms with Crippen LogP contribution in [0.15, 0.2) is 47.7 Å². The molecule has 1 aromatic carbocycles. The Kier molecular flexibility index (Phi) is 4.15. The maximum atomic E-state index is 12.1. The van der Waals surface area contributed by atoms with Crippen LogP contribution in [0, 0.1) is 5.92 Å². The number of para-hydroxylation sites is 1. The molecule has 1 aromatic heterocycles. The van der Waals surface area contributed by atoms with E-state index in [1.807, 2.05) is 19.1 Å². The van der Waals surface area contributed by atoms with E-state index >= 15 is 0 Å². The summed E-state index contributed by atoms with van der Waals surface area (Å²) in [6.07, 6.45) is 6.75. The first-order valence-electron chi connectivity index (χ1n) is 8.96. The van der Waals surface area contributed by atoms with E-state index in [1.54, 1.807) is 0 Å². The number of H-pyrrole nitrogens is 1. The van der Waals surface area contributed by atoms with Crippen LogP contribution in [0.3, 0.4) is 0 Å². The molecule has 2 aromatic rings. The summed E-state index contributed by atoms with van der Waals surface area (Å²) in [4.78, 5) is 15.7. The predicted molar refractivity (Wildman–Crippen MR) is 101 cm³/mol. The number of carbonyl (C=O) groups is 1. The number of aliphatic hydroxyl groups excluding tert-OH is 1. The number of nitrogens with zero attached hydrogens (tertiary/aromatic N) is 1. The Bertz CT molecular complexity index is 965. The van der Waals surface area contributed by atoms with E-state index in [-0.39, 0.29) is 12.0 Å². The van der Waals surface area contributed by atoms with Gasteiger partial charge in [0.15, 0.2) is 12.3 Å². The lowest BCUT2D eigenvalue weighted by molar-refractivity contribution is -0.577. The summed E-state index contributed by atoms with van der Waals surface area (Å²) in [5.41, 5.74) is 5.08. The van der Waals surface area contributed by atoms with Gasteiger partial charge in [0.1, 0.15) is 6.54 Å². The molecule has 2 N–H and O–H groups in total. The molecule has 2 aliphatic heterocycles. The first-order chi connectivity index (χ1) is 12.7. The first-order valence-corrected chi connectivity index (χ1v) is 8.96. The van der Waals surface area contributed by atoms with E-state index in [2.05, 4.69) is 34.0 Å². The van der Waals surface area contributed by atoms with Gasteiger partial charge in [-0.15, -0.1) is 0 Å². The first kappa shape index (κ1) is 16.6. The molecule has 0 aliphatic carbocycles. The van der Waals surface area contributed by atoms with Gasteiger partial charge in [-0.2, -0.15) is 0 Å². The standard InChI is InChI=1S/C21H22N2O3/c1-3-13-11-23-9-8-15-14-6-4-5-7-18(14)22-20(15)19(23)10-16(13)17(12-24)21(25)26-2/h3-7,11-12,16,19,22H,8-10H2,1-2H3/p+1/b13-3+/t16-,19-/m0/s1. The molecular weight excluding hydrogens is 328 g/mol. The van der Waals surface area contributed by atoms with Crippen molar-refractivity contribution in [3.05, 3.63) is 59.0 Å². The smallest absolute Gasteiger partial charge is 0.337 e. The monoisotopic (exact) mass is 351 g/mol. The predicted octanol–water partition coefficient (Wildman–Crippen LogP) is 3.43. The summed E-state index contributed by atoms with van der Waals surface area (Å²) < 4.78 is 7.22. The van der Waals surface area contributed by atoms with Crippen molar-refractivity contribution in [3.63, 3.8) is 0 Å². The zero-order valence-electron chi connectivity index (χ0n) is 15.0. The van der Waals surface area contributed by atoms with Crippen LogP contribution < -0.4 is 0 Å². The number of aromatic amines is 1. The average Bonchev–Trinajstić information content (AvgIpc) is 3.07. The third-order valence-electron chi connectivity index (χ3n) is 5.65. The minimum Gasteiger partial charge on any atom is -0.515 e. The van der Waals surface area contributed by atoms with E-state index in [9.17, 15) is 9.90 Å². The molecule has 26 heavy (non-hydrogen) atoms. The number of hydrogen-bond acceptors (Lipinski definition) is 3. The number of benzene rings is 1. The number of methoxy groups -OCH3 is 1. The Morgan fingerprint density at radius 2 is 2.19 bits per heavy atom. The highest BCUT2D eigenvalue weighted by Gasteiger charge is 2.42. The second-order valence-electron chi connectivity index (χ2n) is 6.85. The number of carbonyl (C=O) groups excluding carboxylic acids is 1. The summed E-state index contributed by atoms with van der Waals surface area (Å²) >= 11 is 0. The van der Waals surface area contributed by atoms with Crippen molar-refractivity contribution in [2.45, 2.75) is 25.8 Å². The summed E-state index contributed by atoms with van der Waals surface area (Å²) in [7, 11) is 1.34. The van der Waals surface area contributed by atoms with Crippen molar-refractivity contribution in [2.24, 2.45) is 5.92 Å². The minimum atomic E-state index is -0.480. The number of allylic oxidation sites excluding steroid dienone is 2. The number of aliphatic hydroxyl groups is 1. The normalized spacial score (nSPS) is 24.2. The van der Waals surface area contributed by atoms with Gasteiger partial charge in [0.05, 0.1) is 24.6 Å². The molecule has 0 saturated heterocycles. The topological polar surface area (TPSA) is 65.3 Å². The fourth-order valence-corrected chi connectivity index (χ4v) is 4.37. The van der Waals surface area contributed by atoms with Gasteiger partial charge in [-0.1, -0.05) is 24.3 Å². The Labute approximate surface area is 152 Å². The van der Waals surface area contributed by atoms with Crippen molar-refractivity contribution < 1.29 is 19.2 Å². The van der Waals surface area contributed by atoms with Crippen LogP contribution in [0.5, 0.6) is 0 Å². The summed E-state index contributed by atoms with van der Waals surface area (Å²) in [6.45, 7) is 2.91. The average molecular weight is 351 g/mol. The van der Waals surface area contributed by atoms with E-state index in [1.165, 1.54) is 23.8 Å². The van der Waals surface area contributed by atoms with Crippen LogP contribution in [-0.2, 0) is 16.0 Å². The van der Waals surface area contributed by atoms with E-state index < -0.39 is 5.97 Å². The van der Waals surface area contributed by atoms with Crippen molar-refractivity contribution in [3.8, 4) is 0 Å². The summed E-state index contributed by atoms with van der Waals surface area (Å²) in [5.74, 6) is -0.664. The van der Waals surface area contributed by atoms with Crippen LogP contribution in [0.2, 0.25) is 0 Å². The number of ether oxygens (including phenoxy) is 1. The zero-order chi connectivity index (χ0) is 18.3. The number of rotatable bonds is 2. The Morgan fingerprint density at radius 1 is 1.38 bits per heavy atom. The van der Waals surface area contributed by atoms with Gasteiger partial charge in [-0.3, -0.25) is 0 Å². The molecule has 0 amide bonds. The van der Waals surface area contributed by atoms with Gasteiger partial charge in [-0.25, -0.2) is 9.37 Å². The maximum Gasteiger partial charge on any atom is 0.337 e. The van der Waals surface area contributed by atoms with Gasteiger partial charge in [0, 0.05) is 35.2 Å². The third kappa shape index (κ3) is 2.46. The highest BCUT2D eigenvalue weighted by Crippen LogP contribution is 2.41. The summed E-state index contributed by atoms with van der Waals surface area (Å²) in [5, 5.41) is 11.0. The van der Waals surface area contributed by atoms with Gasteiger partial charge >= 0.3 is 5.97 Å². The quantitative estimate of drug-likeness (QED) is 0.377. The second-order valence-corrected chi connectivity index (χ2v) is 6.85. The maximum absolute atomic E-state index is 12.1. The third-order valence-corrected chi connectivity index (χ3v) is 5.65. The molecule has 2 aliphatic rings. The van der Waals surface area contributed by atoms with E-state index in [4.69, 9.17) is 4.74 Å². The highest BCUT2D eigenvalue weighted by atomic mass is 16.5. The number of esters is 1.